The number of sulfonamides is 1. The summed E-state index contributed by atoms with van der Waals surface area (Å²) < 4.78 is 38.2. The molecule has 128 valence electrons. The molecule has 3 rings (SSSR count). The van der Waals surface area contributed by atoms with E-state index in [0.29, 0.717) is 18.0 Å². The Bertz CT molecular complexity index is 818. The molecule has 2 aromatic rings. The molecule has 0 unspecified atom stereocenters. The molecule has 0 amide bonds. The topological polar surface area (TPSA) is 77.5 Å². The van der Waals surface area contributed by atoms with Gasteiger partial charge >= 0.3 is 0 Å². The van der Waals surface area contributed by atoms with Crippen LogP contribution in [0, 0.1) is 0 Å². The summed E-state index contributed by atoms with van der Waals surface area (Å²) in [6.45, 7) is 0.369. The number of ether oxygens (including phenoxy) is 2. The van der Waals surface area contributed by atoms with Crippen molar-refractivity contribution >= 4 is 10.0 Å². The number of nitrogens with zero attached hydrogens (tertiary/aromatic N) is 1. The van der Waals surface area contributed by atoms with Crippen LogP contribution in [0.1, 0.15) is 18.4 Å². The van der Waals surface area contributed by atoms with Crippen LogP contribution in [0.5, 0.6) is 11.5 Å². The monoisotopic (exact) mass is 348 g/mol. The molecule has 1 aromatic carbocycles. The van der Waals surface area contributed by atoms with E-state index in [1.807, 2.05) is 12.1 Å². The van der Waals surface area contributed by atoms with Crippen molar-refractivity contribution < 1.29 is 17.9 Å². The first-order chi connectivity index (χ1) is 11.5. The fraction of sp³-hybridized carbons (Fsp3) is 0.353. The van der Waals surface area contributed by atoms with Gasteiger partial charge in [-0.25, -0.2) is 13.1 Å². The van der Waals surface area contributed by atoms with Gasteiger partial charge in [0.15, 0.2) is 11.5 Å². The molecule has 1 fully saturated rings. The Balaban J connectivity index is 1.78. The van der Waals surface area contributed by atoms with Crippen LogP contribution in [0.3, 0.4) is 0 Å². The molecule has 0 radical (unpaired) electrons. The molecule has 6 nitrogen and oxygen atoms in total. The maximum atomic E-state index is 12.6. The molecular formula is C17H20N2O4S. The van der Waals surface area contributed by atoms with Crippen molar-refractivity contribution in [2.24, 2.45) is 0 Å². The number of benzene rings is 1. The predicted octanol–water partition coefficient (Wildman–Crippen LogP) is 2.11. The number of nitrogens with one attached hydrogen (secondary N) is 1. The van der Waals surface area contributed by atoms with Crippen molar-refractivity contribution in [3.63, 3.8) is 0 Å². The van der Waals surface area contributed by atoms with Gasteiger partial charge in [0.1, 0.15) is 0 Å². The Morgan fingerprint density at radius 3 is 2.33 bits per heavy atom. The third-order valence-corrected chi connectivity index (χ3v) is 5.81. The van der Waals surface area contributed by atoms with Gasteiger partial charge in [0, 0.05) is 30.4 Å². The van der Waals surface area contributed by atoms with Gasteiger partial charge in [0.05, 0.1) is 19.1 Å². The van der Waals surface area contributed by atoms with Crippen molar-refractivity contribution in [2.45, 2.75) is 23.2 Å². The lowest BCUT2D eigenvalue weighted by Gasteiger charge is -2.17. The second-order valence-electron chi connectivity index (χ2n) is 5.86. The van der Waals surface area contributed by atoms with E-state index >= 15 is 0 Å². The van der Waals surface area contributed by atoms with Gasteiger partial charge in [-0.15, -0.1) is 0 Å². The fourth-order valence-electron chi connectivity index (χ4n) is 2.72. The first-order valence-electron chi connectivity index (χ1n) is 7.63. The fourth-order valence-corrected chi connectivity index (χ4v) is 3.87. The highest BCUT2D eigenvalue weighted by Crippen LogP contribution is 2.47. The quantitative estimate of drug-likeness (QED) is 0.829. The predicted molar refractivity (Wildman–Crippen MR) is 89.9 cm³/mol. The van der Waals surface area contributed by atoms with Crippen LogP contribution in [0.2, 0.25) is 0 Å². The highest BCUT2D eigenvalue weighted by Gasteiger charge is 2.44. The molecule has 1 aliphatic rings. The normalized spacial score (nSPS) is 15.8. The second-order valence-corrected chi connectivity index (χ2v) is 7.62. The van der Waals surface area contributed by atoms with Gasteiger partial charge in [-0.05, 0) is 42.7 Å². The molecule has 1 aromatic heterocycles. The Morgan fingerprint density at radius 2 is 1.75 bits per heavy atom. The molecule has 1 aliphatic carbocycles. The van der Waals surface area contributed by atoms with E-state index in [1.54, 1.807) is 18.5 Å². The van der Waals surface area contributed by atoms with E-state index in [2.05, 4.69) is 9.71 Å². The summed E-state index contributed by atoms with van der Waals surface area (Å²) in [6, 6.07) is 8.45. The van der Waals surface area contributed by atoms with E-state index < -0.39 is 10.0 Å². The first kappa shape index (κ1) is 16.7. The van der Waals surface area contributed by atoms with Crippen LogP contribution >= 0.6 is 0 Å². The zero-order chi connectivity index (χ0) is 17.2. The van der Waals surface area contributed by atoms with Gasteiger partial charge in [-0.2, -0.15) is 0 Å². The molecule has 0 atom stereocenters. The maximum absolute atomic E-state index is 12.6. The minimum absolute atomic E-state index is 0.118. The number of rotatable bonds is 7. The smallest absolute Gasteiger partial charge is 0.240 e. The van der Waals surface area contributed by atoms with Crippen LogP contribution in [-0.2, 0) is 15.4 Å². The Morgan fingerprint density at radius 1 is 1.08 bits per heavy atom. The van der Waals surface area contributed by atoms with Crippen molar-refractivity contribution in [1.82, 2.24) is 9.71 Å². The van der Waals surface area contributed by atoms with Crippen LogP contribution in [-0.4, -0.2) is 34.2 Å². The number of hydrogen-bond donors (Lipinski definition) is 1. The first-order valence-corrected chi connectivity index (χ1v) is 9.11. The highest BCUT2D eigenvalue weighted by atomic mass is 32.2. The molecule has 0 bridgehead atoms. The number of methoxy groups -OCH3 is 2. The molecule has 1 saturated carbocycles. The maximum Gasteiger partial charge on any atom is 0.240 e. The standard InChI is InChI=1S/C17H20N2O4S/c1-22-15-4-3-14(11-16(15)23-2)24(20,21)19-12-17(7-8-17)13-5-9-18-10-6-13/h3-6,9-11,19H,7-8,12H2,1-2H3. The molecule has 24 heavy (non-hydrogen) atoms. The highest BCUT2D eigenvalue weighted by molar-refractivity contribution is 7.89. The Hall–Kier alpha value is -2.12. The Kier molecular flexibility index (Phi) is 4.47. The molecule has 0 spiro atoms. The lowest BCUT2D eigenvalue weighted by molar-refractivity contribution is 0.354. The summed E-state index contributed by atoms with van der Waals surface area (Å²) in [5, 5.41) is 0. The summed E-state index contributed by atoms with van der Waals surface area (Å²) in [5.41, 5.74) is 1.000. The van der Waals surface area contributed by atoms with E-state index in [1.165, 1.54) is 26.4 Å². The third kappa shape index (κ3) is 3.22. The lowest BCUT2D eigenvalue weighted by atomic mass is 9.98. The second kappa shape index (κ2) is 6.41. The van der Waals surface area contributed by atoms with E-state index in [0.717, 1.165) is 18.4 Å². The van der Waals surface area contributed by atoms with Gasteiger partial charge in [-0.3, -0.25) is 4.98 Å². The minimum Gasteiger partial charge on any atom is -0.493 e. The number of hydrogen-bond acceptors (Lipinski definition) is 5. The Labute approximate surface area is 141 Å². The molecular weight excluding hydrogens is 328 g/mol. The summed E-state index contributed by atoms with van der Waals surface area (Å²) in [6.07, 6.45) is 5.40. The zero-order valence-corrected chi connectivity index (χ0v) is 14.5. The molecule has 1 heterocycles. The minimum atomic E-state index is -3.62. The van der Waals surface area contributed by atoms with Crippen LogP contribution < -0.4 is 14.2 Å². The lowest BCUT2D eigenvalue weighted by Crippen LogP contribution is -2.32. The van der Waals surface area contributed by atoms with Crippen LogP contribution in [0.25, 0.3) is 0 Å². The number of pyridine rings is 1. The summed E-state index contributed by atoms with van der Waals surface area (Å²) in [7, 11) is -0.634. The molecule has 1 N–H and O–H groups in total. The number of aromatic nitrogens is 1. The molecule has 0 aliphatic heterocycles. The third-order valence-electron chi connectivity index (χ3n) is 4.41. The van der Waals surface area contributed by atoms with Crippen molar-refractivity contribution in [3.8, 4) is 11.5 Å². The SMILES string of the molecule is COc1ccc(S(=O)(=O)NCC2(c3ccncc3)CC2)cc1OC. The van der Waals surface area contributed by atoms with Crippen molar-refractivity contribution in [3.05, 3.63) is 48.3 Å². The van der Waals surface area contributed by atoms with E-state index in [9.17, 15) is 8.42 Å². The summed E-state index contributed by atoms with van der Waals surface area (Å²) >= 11 is 0. The van der Waals surface area contributed by atoms with Gasteiger partial charge in [0.25, 0.3) is 0 Å². The van der Waals surface area contributed by atoms with Crippen LogP contribution in [0.4, 0.5) is 0 Å². The van der Waals surface area contributed by atoms with E-state index in [4.69, 9.17) is 9.47 Å². The van der Waals surface area contributed by atoms with Gasteiger partial charge < -0.3 is 9.47 Å². The van der Waals surface area contributed by atoms with Crippen molar-refractivity contribution in [2.75, 3.05) is 20.8 Å². The molecule has 0 saturated heterocycles. The largest absolute Gasteiger partial charge is 0.493 e. The molecule has 7 heteroatoms. The zero-order valence-electron chi connectivity index (χ0n) is 13.7. The summed E-state index contributed by atoms with van der Waals surface area (Å²) in [5.74, 6) is 0.877. The van der Waals surface area contributed by atoms with Crippen LogP contribution in [0.15, 0.2) is 47.6 Å². The van der Waals surface area contributed by atoms with Gasteiger partial charge in [0.2, 0.25) is 10.0 Å². The summed E-state index contributed by atoms with van der Waals surface area (Å²) in [4.78, 5) is 4.17. The average Bonchev–Trinajstić information content (AvgIpc) is 3.41. The average molecular weight is 348 g/mol. The van der Waals surface area contributed by atoms with Crippen molar-refractivity contribution in [1.29, 1.82) is 0 Å². The van der Waals surface area contributed by atoms with E-state index in [-0.39, 0.29) is 10.3 Å². The van der Waals surface area contributed by atoms with Gasteiger partial charge in [-0.1, -0.05) is 0 Å².